The molecule has 0 aliphatic heterocycles. The number of carbonyl (C=O) groups is 2. The monoisotopic (exact) mass is 390 g/mol. The summed E-state index contributed by atoms with van der Waals surface area (Å²) in [5.74, 6) is -1.13. The zero-order valence-corrected chi connectivity index (χ0v) is 16.2. The molecule has 0 fully saturated rings. The van der Waals surface area contributed by atoms with Crippen molar-refractivity contribution in [2.45, 2.75) is 24.5 Å². The van der Waals surface area contributed by atoms with Gasteiger partial charge in [-0.1, -0.05) is 36.4 Å². The highest BCUT2D eigenvalue weighted by atomic mass is 32.2. The maximum atomic E-state index is 12.5. The molecule has 27 heavy (non-hydrogen) atoms. The molecule has 7 nitrogen and oxygen atoms in total. The molecule has 1 N–H and O–H groups in total. The zero-order valence-electron chi connectivity index (χ0n) is 15.4. The third-order valence-electron chi connectivity index (χ3n) is 3.76. The molecule has 0 saturated carbocycles. The Labute approximate surface area is 159 Å². The number of hydrogen-bond acceptors (Lipinski definition) is 5. The molecule has 2 aromatic carbocycles. The third-order valence-corrected chi connectivity index (χ3v) is 5.16. The number of hydrogen-bond donors (Lipinski definition) is 1. The average molecular weight is 390 g/mol. The van der Waals surface area contributed by atoms with Crippen LogP contribution in [0.2, 0.25) is 0 Å². The molecule has 0 saturated heterocycles. The number of carbonyl (C=O) groups excluding carboxylic acids is 2. The van der Waals surface area contributed by atoms with Gasteiger partial charge in [0.2, 0.25) is 10.0 Å². The van der Waals surface area contributed by atoms with E-state index < -0.39 is 22.1 Å². The lowest BCUT2D eigenvalue weighted by Gasteiger charge is -2.17. The van der Waals surface area contributed by atoms with Crippen LogP contribution in [0, 0.1) is 0 Å². The quantitative estimate of drug-likeness (QED) is 0.728. The molecule has 2 rings (SSSR count). The van der Waals surface area contributed by atoms with Gasteiger partial charge in [0, 0.05) is 20.6 Å². The van der Waals surface area contributed by atoms with E-state index in [1.54, 1.807) is 26.2 Å². The fraction of sp³-hybridized carbons (Fsp3) is 0.263. The van der Waals surface area contributed by atoms with E-state index in [9.17, 15) is 18.0 Å². The van der Waals surface area contributed by atoms with E-state index in [4.69, 9.17) is 4.74 Å². The summed E-state index contributed by atoms with van der Waals surface area (Å²) in [6.45, 7) is 1.59. The summed E-state index contributed by atoms with van der Waals surface area (Å²) in [5.41, 5.74) is 0.864. The number of rotatable bonds is 7. The van der Waals surface area contributed by atoms with Crippen molar-refractivity contribution >= 4 is 21.9 Å². The van der Waals surface area contributed by atoms with Crippen molar-refractivity contribution in [3.63, 3.8) is 0 Å². The van der Waals surface area contributed by atoms with E-state index in [1.807, 2.05) is 18.2 Å². The van der Waals surface area contributed by atoms with Gasteiger partial charge in [0.05, 0.1) is 10.5 Å². The van der Waals surface area contributed by atoms with Gasteiger partial charge in [-0.15, -0.1) is 0 Å². The second-order valence-electron chi connectivity index (χ2n) is 6.12. The van der Waals surface area contributed by atoms with Gasteiger partial charge < -0.3 is 9.64 Å². The van der Waals surface area contributed by atoms with Crippen molar-refractivity contribution in [3.05, 3.63) is 65.7 Å². The van der Waals surface area contributed by atoms with Crippen molar-refractivity contribution in [1.29, 1.82) is 0 Å². The van der Waals surface area contributed by atoms with Crippen LogP contribution in [0.3, 0.4) is 0 Å². The first-order valence-corrected chi connectivity index (χ1v) is 9.75. The van der Waals surface area contributed by atoms with Crippen LogP contribution in [-0.2, 0) is 26.1 Å². The van der Waals surface area contributed by atoms with Crippen LogP contribution in [0.25, 0.3) is 0 Å². The molecule has 1 atom stereocenters. The van der Waals surface area contributed by atoms with Crippen LogP contribution >= 0.6 is 0 Å². The standard InChI is InChI=1S/C19H22N2O5S/c1-14(18(22)21(2)3)26-19(23)16-10-7-11-17(12-16)27(24,25)20-13-15-8-5-4-6-9-15/h4-12,14,20H,13H2,1-3H3/t14-/m1/s1. The maximum absolute atomic E-state index is 12.5. The molecule has 0 bridgehead atoms. The van der Waals surface area contributed by atoms with Crippen LogP contribution in [-0.4, -0.2) is 45.4 Å². The van der Waals surface area contributed by atoms with Crippen LogP contribution in [0.5, 0.6) is 0 Å². The van der Waals surface area contributed by atoms with Gasteiger partial charge in [0.15, 0.2) is 6.10 Å². The minimum Gasteiger partial charge on any atom is -0.449 e. The Bertz CT molecular complexity index is 911. The number of sulfonamides is 1. The first-order valence-electron chi connectivity index (χ1n) is 8.26. The van der Waals surface area contributed by atoms with Crippen molar-refractivity contribution in [2.24, 2.45) is 0 Å². The summed E-state index contributed by atoms with van der Waals surface area (Å²) >= 11 is 0. The average Bonchev–Trinajstić information content (AvgIpc) is 2.66. The highest BCUT2D eigenvalue weighted by Gasteiger charge is 2.22. The Kier molecular flexibility index (Phi) is 6.70. The number of amides is 1. The number of esters is 1. The second-order valence-corrected chi connectivity index (χ2v) is 7.89. The number of likely N-dealkylation sites (N-methyl/N-ethyl adjacent to an activating group) is 1. The van der Waals surface area contributed by atoms with E-state index >= 15 is 0 Å². The van der Waals surface area contributed by atoms with Crippen molar-refractivity contribution in [1.82, 2.24) is 9.62 Å². The smallest absolute Gasteiger partial charge is 0.338 e. The summed E-state index contributed by atoms with van der Waals surface area (Å²) < 4.78 is 32.6. The number of ether oxygens (including phenoxy) is 1. The van der Waals surface area contributed by atoms with E-state index in [-0.39, 0.29) is 22.9 Å². The molecule has 0 unspecified atom stereocenters. The Balaban J connectivity index is 2.11. The van der Waals surface area contributed by atoms with Gasteiger partial charge in [-0.2, -0.15) is 0 Å². The predicted octanol–water partition coefficient (Wildman–Crippen LogP) is 1.80. The second kappa shape index (κ2) is 8.79. The molecule has 0 spiro atoms. The molecule has 144 valence electrons. The first-order chi connectivity index (χ1) is 12.7. The predicted molar refractivity (Wildman–Crippen MR) is 100 cm³/mol. The summed E-state index contributed by atoms with van der Waals surface area (Å²) in [6, 6.07) is 14.6. The summed E-state index contributed by atoms with van der Waals surface area (Å²) in [6.07, 6.45) is -0.969. The van der Waals surface area contributed by atoms with E-state index in [0.717, 1.165) is 5.56 Å². The van der Waals surface area contributed by atoms with Crippen molar-refractivity contribution in [2.75, 3.05) is 14.1 Å². The molecular formula is C19H22N2O5S. The van der Waals surface area contributed by atoms with Gasteiger partial charge in [-0.05, 0) is 30.7 Å². The first kappa shape index (κ1) is 20.6. The largest absolute Gasteiger partial charge is 0.449 e. The Morgan fingerprint density at radius 1 is 1.07 bits per heavy atom. The van der Waals surface area contributed by atoms with Gasteiger partial charge in [0.1, 0.15) is 0 Å². The number of benzene rings is 2. The molecule has 8 heteroatoms. The fourth-order valence-corrected chi connectivity index (χ4v) is 3.35. The van der Waals surface area contributed by atoms with E-state index in [1.165, 1.54) is 36.1 Å². The van der Waals surface area contributed by atoms with Crippen molar-refractivity contribution in [3.8, 4) is 0 Å². The zero-order chi connectivity index (χ0) is 20.0. The van der Waals surface area contributed by atoms with Crippen molar-refractivity contribution < 1.29 is 22.7 Å². The van der Waals surface area contributed by atoms with Gasteiger partial charge in [0.25, 0.3) is 5.91 Å². The van der Waals surface area contributed by atoms with Crippen LogP contribution < -0.4 is 4.72 Å². The van der Waals surface area contributed by atoms with Crippen LogP contribution in [0.1, 0.15) is 22.8 Å². The molecule has 0 aliphatic rings. The lowest BCUT2D eigenvalue weighted by Crippen LogP contribution is -2.35. The molecule has 0 heterocycles. The highest BCUT2D eigenvalue weighted by molar-refractivity contribution is 7.89. The number of nitrogens with one attached hydrogen (secondary N) is 1. The normalized spacial score (nSPS) is 12.3. The minimum atomic E-state index is -3.81. The summed E-state index contributed by atoms with van der Waals surface area (Å²) in [4.78, 5) is 25.3. The van der Waals surface area contributed by atoms with Gasteiger partial charge in [-0.3, -0.25) is 4.79 Å². The SMILES string of the molecule is C[C@@H](OC(=O)c1cccc(S(=O)(=O)NCc2ccccc2)c1)C(=O)N(C)C. The van der Waals surface area contributed by atoms with Gasteiger partial charge in [-0.25, -0.2) is 17.9 Å². The Morgan fingerprint density at radius 2 is 1.74 bits per heavy atom. The lowest BCUT2D eigenvalue weighted by atomic mass is 10.2. The van der Waals surface area contributed by atoms with E-state index in [0.29, 0.717) is 0 Å². The minimum absolute atomic E-state index is 0.0518. The number of nitrogens with zero attached hydrogens (tertiary/aromatic N) is 1. The van der Waals surface area contributed by atoms with E-state index in [2.05, 4.69) is 4.72 Å². The van der Waals surface area contributed by atoms with Gasteiger partial charge >= 0.3 is 5.97 Å². The summed E-state index contributed by atoms with van der Waals surface area (Å²) in [5, 5.41) is 0. The highest BCUT2D eigenvalue weighted by Crippen LogP contribution is 2.14. The molecule has 2 aromatic rings. The molecule has 1 amide bonds. The fourth-order valence-electron chi connectivity index (χ4n) is 2.29. The molecule has 0 aliphatic carbocycles. The van der Waals surface area contributed by atoms with Crippen LogP contribution in [0.4, 0.5) is 0 Å². The Morgan fingerprint density at radius 3 is 2.37 bits per heavy atom. The molecule has 0 radical (unpaired) electrons. The lowest BCUT2D eigenvalue weighted by molar-refractivity contribution is -0.137. The summed E-state index contributed by atoms with van der Waals surface area (Å²) in [7, 11) is -0.698. The maximum Gasteiger partial charge on any atom is 0.338 e. The Hall–Kier alpha value is -2.71. The molecule has 0 aromatic heterocycles. The topological polar surface area (TPSA) is 92.8 Å². The third kappa shape index (κ3) is 5.63. The molecular weight excluding hydrogens is 368 g/mol. The van der Waals surface area contributed by atoms with Crippen LogP contribution in [0.15, 0.2) is 59.5 Å².